The number of fused-ring (bicyclic) bond motifs is 2. The summed E-state index contributed by atoms with van der Waals surface area (Å²) in [6.07, 6.45) is 3.24. The molecule has 1 unspecified atom stereocenters. The third-order valence-electron chi connectivity index (χ3n) is 4.00. The Morgan fingerprint density at radius 2 is 2.08 bits per heavy atom. The van der Waals surface area contributed by atoms with Crippen molar-refractivity contribution in [2.75, 3.05) is 6.79 Å². The third kappa shape index (κ3) is 3.19. The van der Waals surface area contributed by atoms with E-state index >= 15 is 0 Å². The standard InChI is InChI=1S/C19H17N3O3/c1-12(19-21-14-4-2-3-5-15(14)22-19)20-18(23)9-7-13-6-8-16-17(10-13)25-11-24-16/h2-10,12H,11H2,1H3,(H,20,23)(H,21,22)/b9-7+. The Bertz CT molecular complexity index is 928. The molecule has 2 N–H and O–H groups in total. The molecule has 4 rings (SSSR count). The second kappa shape index (κ2) is 6.32. The van der Waals surface area contributed by atoms with Gasteiger partial charge in [-0.05, 0) is 42.8 Å². The van der Waals surface area contributed by atoms with E-state index in [-0.39, 0.29) is 18.7 Å². The number of nitrogens with zero attached hydrogens (tertiary/aromatic N) is 1. The smallest absolute Gasteiger partial charge is 0.244 e. The molecule has 1 amide bonds. The number of imidazole rings is 1. The zero-order chi connectivity index (χ0) is 17.2. The monoisotopic (exact) mass is 335 g/mol. The van der Waals surface area contributed by atoms with Gasteiger partial charge < -0.3 is 19.8 Å². The number of ether oxygens (including phenoxy) is 2. The first-order valence-corrected chi connectivity index (χ1v) is 8.02. The highest BCUT2D eigenvalue weighted by Gasteiger charge is 2.13. The molecular weight excluding hydrogens is 318 g/mol. The Balaban J connectivity index is 1.42. The Labute approximate surface area is 144 Å². The molecule has 0 spiro atoms. The number of aromatic amines is 1. The van der Waals surface area contributed by atoms with E-state index in [1.165, 1.54) is 6.08 Å². The second-order valence-corrected chi connectivity index (χ2v) is 5.82. The summed E-state index contributed by atoms with van der Waals surface area (Å²) in [6, 6.07) is 13.1. The molecule has 1 aliphatic rings. The van der Waals surface area contributed by atoms with Gasteiger partial charge in [-0.25, -0.2) is 4.98 Å². The molecule has 0 aliphatic carbocycles. The lowest BCUT2D eigenvalue weighted by atomic mass is 10.2. The molecule has 3 aromatic rings. The largest absolute Gasteiger partial charge is 0.454 e. The molecule has 6 heteroatoms. The van der Waals surface area contributed by atoms with E-state index in [1.54, 1.807) is 6.08 Å². The topological polar surface area (TPSA) is 76.2 Å². The van der Waals surface area contributed by atoms with E-state index in [9.17, 15) is 4.79 Å². The van der Waals surface area contributed by atoms with Crippen molar-refractivity contribution in [1.82, 2.24) is 15.3 Å². The highest BCUT2D eigenvalue weighted by Crippen LogP contribution is 2.32. The van der Waals surface area contributed by atoms with Crippen LogP contribution >= 0.6 is 0 Å². The van der Waals surface area contributed by atoms with Crippen LogP contribution in [0.2, 0.25) is 0 Å². The molecule has 0 fully saturated rings. The summed E-state index contributed by atoms with van der Waals surface area (Å²) in [5.74, 6) is 1.95. The van der Waals surface area contributed by atoms with E-state index in [4.69, 9.17) is 9.47 Å². The van der Waals surface area contributed by atoms with Crippen LogP contribution in [0.15, 0.2) is 48.5 Å². The van der Waals surface area contributed by atoms with Crippen molar-refractivity contribution in [2.45, 2.75) is 13.0 Å². The van der Waals surface area contributed by atoms with E-state index in [0.717, 1.165) is 28.2 Å². The molecule has 0 radical (unpaired) electrons. The normalized spacial score (nSPS) is 14.1. The summed E-state index contributed by atoms with van der Waals surface area (Å²) in [5.41, 5.74) is 2.71. The van der Waals surface area contributed by atoms with Crippen LogP contribution in [0.5, 0.6) is 11.5 Å². The summed E-state index contributed by atoms with van der Waals surface area (Å²) in [4.78, 5) is 19.9. The van der Waals surface area contributed by atoms with Crippen LogP contribution in [-0.4, -0.2) is 22.7 Å². The lowest BCUT2D eigenvalue weighted by Gasteiger charge is -2.09. The van der Waals surface area contributed by atoms with Crippen molar-refractivity contribution < 1.29 is 14.3 Å². The Hall–Kier alpha value is -3.28. The molecule has 1 atom stereocenters. The lowest BCUT2D eigenvalue weighted by molar-refractivity contribution is -0.117. The van der Waals surface area contributed by atoms with E-state index in [1.807, 2.05) is 49.4 Å². The Kier molecular flexibility index (Phi) is 3.85. The number of H-pyrrole nitrogens is 1. The van der Waals surface area contributed by atoms with Gasteiger partial charge >= 0.3 is 0 Å². The molecule has 0 bridgehead atoms. The molecule has 0 saturated carbocycles. The first-order chi connectivity index (χ1) is 12.2. The van der Waals surface area contributed by atoms with Crippen LogP contribution < -0.4 is 14.8 Å². The van der Waals surface area contributed by atoms with Crippen molar-refractivity contribution in [2.24, 2.45) is 0 Å². The van der Waals surface area contributed by atoms with Crippen LogP contribution in [-0.2, 0) is 4.79 Å². The molecule has 2 heterocycles. The summed E-state index contributed by atoms with van der Waals surface area (Å²) in [6.45, 7) is 2.13. The van der Waals surface area contributed by atoms with Crippen molar-refractivity contribution in [3.63, 3.8) is 0 Å². The average molecular weight is 335 g/mol. The fourth-order valence-corrected chi connectivity index (χ4v) is 2.70. The van der Waals surface area contributed by atoms with Gasteiger partial charge in [0.15, 0.2) is 11.5 Å². The zero-order valence-corrected chi connectivity index (χ0v) is 13.7. The van der Waals surface area contributed by atoms with Gasteiger partial charge in [0, 0.05) is 6.08 Å². The van der Waals surface area contributed by atoms with Gasteiger partial charge in [0.1, 0.15) is 5.82 Å². The number of amides is 1. The van der Waals surface area contributed by atoms with Crippen LogP contribution in [0.25, 0.3) is 17.1 Å². The molecular formula is C19H17N3O3. The first-order valence-electron chi connectivity index (χ1n) is 8.02. The summed E-state index contributed by atoms with van der Waals surface area (Å²) in [7, 11) is 0. The number of nitrogens with one attached hydrogen (secondary N) is 2. The van der Waals surface area contributed by atoms with Crippen molar-refractivity contribution in [3.8, 4) is 11.5 Å². The summed E-state index contributed by atoms with van der Waals surface area (Å²) in [5, 5.41) is 2.90. The van der Waals surface area contributed by atoms with Crippen molar-refractivity contribution >= 4 is 23.0 Å². The molecule has 1 aliphatic heterocycles. The molecule has 6 nitrogen and oxygen atoms in total. The average Bonchev–Trinajstić information content (AvgIpc) is 3.25. The zero-order valence-electron chi connectivity index (χ0n) is 13.7. The van der Waals surface area contributed by atoms with Crippen LogP contribution in [0, 0.1) is 0 Å². The van der Waals surface area contributed by atoms with Gasteiger partial charge in [-0.3, -0.25) is 4.79 Å². The lowest BCUT2D eigenvalue weighted by Crippen LogP contribution is -2.25. The number of carbonyl (C=O) groups is 1. The quantitative estimate of drug-likeness (QED) is 0.718. The van der Waals surface area contributed by atoms with Gasteiger partial charge in [0.05, 0.1) is 17.1 Å². The number of para-hydroxylation sites is 2. The minimum absolute atomic E-state index is 0.189. The first kappa shape index (κ1) is 15.3. The van der Waals surface area contributed by atoms with E-state index in [2.05, 4.69) is 15.3 Å². The molecule has 1 aromatic heterocycles. The third-order valence-corrected chi connectivity index (χ3v) is 4.00. The van der Waals surface area contributed by atoms with Gasteiger partial charge in [-0.15, -0.1) is 0 Å². The SMILES string of the molecule is CC(NC(=O)/C=C/c1ccc2c(c1)OCO2)c1nc2ccccc2[nH]1. The maximum absolute atomic E-state index is 12.2. The minimum atomic E-state index is -0.221. The Morgan fingerprint density at radius 3 is 2.96 bits per heavy atom. The summed E-state index contributed by atoms with van der Waals surface area (Å²) < 4.78 is 10.6. The molecule has 2 aromatic carbocycles. The van der Waals surface area contributed by atoms with Gasteiger partial charge in [0.25, 0.3) is 0 Å². The fraction of sp³-hybridized carbons (Fsp3) is 0.158. The van der Waals surface area contributed by atoms with E-state index < -0.39 is 0 Å². The van der Waals surface area contributed by atoms with Gasteiger partial charge in [-0.2, -0.15) is 0 Å². The summed E-state index contributed by atoms with van der Waals surface area (Å²) >= 11 is 0. The number of hydrogen-bond acceptors (Lipinski definition) is 4. The van der Waals surface area contributed by atoms with Crippen molar-refractivity contribution in [1.29, 1.82) is 0 Å². The van der Waals surface area contributed by atoms with Gasteiger partial charge in [-0.1, -0.05) is 18.2 Å². The number of hydrogen-bond donors (Lipinski definition) is 2. The minimum Gasteiger partial charge on any atom is -0.454 e. The van der Waals surface area contributed by atoms with Crippen LogP contribution in [0.1, 0.15) is 24.4 Å². The molecule has 25 heavy (non-hydrogen) atoms. The fourth-order valence-electron chi connectivity index (χ4n) is 2.70. The predicted molar refractivity (Wildman–Crippen MR) is 94.3 cm³/mol. The van der Waals surface area contributed by atoms with Crippen LogP contribution in [0.4, 0.5) is 0 Å². The maximum Gasteiger partial charge on any atom is 0.244 e. The number of aromatic nitrogens is 2. The van der Waals surface area contributed by atoms with Crippen molar-refractivity contribution in [3.05, 3.63) is 59.9 Å². The number of benzene rings is 2. The number of carbonyl (C=O) groups excluding carboxylic acids is 1. The molecule has 126 valence electrons. The second-order valence-electron chi connectivity index (χ2n) is 5.82. The molecule has 0 saturated heterocycles. The highest BCUT2D eigenvalue weighted by molar-refractivity contribution is 5.92. The maximum atomic E-state index is 12.2. The van der Waals surface area contributed by atoms with Crippen LogP contribution in [0.3, 0.4) is 0 Å². The van der Waals surface area contributed by atoms with E-state index in [0.29, 0.717) is 5.75 Å². The Morgan fingerprint density at radius 1 is 1.24 bits per heavy atom. The highest BCUT2D eigenvalue weighted by atomic mass is 16.7. The number of rotatable bonds is 4. The predicted octanol–water partition coefficient (Wildman–Crippen LogP) is 3.18. The van der Waals surface area contributed by atoms with Gasteiger partial charge in [0.2, 0.25) is 12.7 Å².